The molecule has 0 radical (unpaired) electrons. The van der Waals surface area contributed by atoms with E-state index in [4.69, 9.17) is 4.74 Å². The highest BCUT2D eigenvalue weighted by atomic mass is 32.2. The van der Waals surface area contributed by atoms with Gasteiger partial charge in [0.05, 0.1) is 11.8 Å². The quantitative estimate of drug-likeness (QED) is 0.372. The molecule has 4 aliphatic heterocycles. The van der Waals surface area contributed by atoms with E-state index in [9.17, 15) is 32.4 Å². The Morgan fingerprint density at radius 1 is 1.02 bits per heavy atom. The van der Waals surface area contributed by atoms with Crippen molar-refractivity contribution in [1.29, 1.82) is 0 Å². The van der Waals surface area contributed by atoms with Crippen molar-refractivity contribution in [3.05, 3.63) is 47.5 Å². The molecule has 4 bridgehead atoms. The number of amides is 6. The van der Waals surface area contributed by atoms with E-state index in [1.807, 2.05) is 37.8 Å². The minimum absolute atomic E-state index is 0.0490. The number of urea groups is 1. The molecule has 0 spiro atoms. The molecule has 4 heterocycles. The van der Waals surface area contributed by atoms with Gasteiger partial charge in [0.25, 0.3) is 5.91 Å². The highest BCUT2D eigenvalue weighted by Gasteiger charge is 2.62. The summed E-state index contributed by atoms with van der Waals surface area (Å²) in [7, 11) is -3.90. The van der Waals surface area contributed by atoms with Gasteiger partial charge in [0.1, 0.15) is 23.7 Å². The van der Waals surface area contributed by atoms with Crippen LogP contribution in [0.5, 0.6) is 0 Å². The molecule has 6 amide bonds. The van der Waals surface area contributed by atoms with Gasteiger partial charge in [0, 0.05) is 38.0 Å². The summed E-state index contributed by atoms with van der Waals surface area (Å²) >= 11 is 0. The summed E-state index contributed by atoms with van der Waals surface area (Å²) in [5.74, 6) is -2.56. The van der Waals surface area contributed by atoms with Gasteiger partial charge in [0.2, 0.25) is 21.8 Å². The van der Waals surface area contributed by atoms with E-state index in [1.54, 1.807) is 4.90 Å². The standard InChI is InChI=1S/C38H52N6O8S/c1-5-25-19-38(25,34(47)41-53(50,51)28-15-16-28)40-32(45)30-18-27-21-44(30)33(46)31(37(2,3)4)39-35(48)43-17-9-14-26(43)13-7-6-10-23-11-8-12-24-20-42(22-29(23)24)36(49)52-27/h5,8,11-12,25-28,30-31H,1,6-7,9-10,13-22H2,2-4H3,(H,39,48)(H,40,45)(H,41,47)/t25-,26-,27-,30+,31-,38-/m1/s1. The van der Waals surface area contributed by atoms with Crippen molar-refractivity contribution in [1.82, 2.24) is 30.1 Å². The number of ether oxygens (including phenoxy) is 1. The summed E-state index contributed by atoms with van der Waals surface area (Å²) in [5.41, 5.74) is 1.05. The van der Waals surface area contributed by atoms with Gasteiger partial charge in [-0.1, -0.05) is 51.5 Å². The van der Waals surface area contributed by atoms with Gasteiger partial charge in [0.15, 0.2) is 0 Å². The molecule has 288 valence electrons. The molecule has 6 aliphatic rings. The summed E-state index contributed by atoms with van der Waals surface area (Å²) in [6, 6.07) is 3.65. The Kier molecular flexibility index (Phi) is 9.77. The number of hydrogen-bond donors (Lipinski definition) is 3. The highest BCUT2D eigenvalue weighted by molar-refractivity contribution is 7.91. The third-order valence-corrected chi connectivity index (χ3v) is 13.8. The molecule has 0 unspecified atom stereocenters. The second kappa shape index (κ2) is 13.9. The number of hydrogen-bond acceptors (Lipinski definition) is 8. The number of aryl methyl sites for hydroxylation is 1. The van der Waals surface area contributed by atoms with E-state index in [1.165, 1.54) is 16.5 Å². The first-order valence-electron chi connectivity index (χ1n) is 19.0. The zero-order valence-corrected chi connectivity index (χ0v) is 31.7. The maximum Gasteiger partial charge on any atom is 0.410 e. The molecule has 14 nitrogen and oxygen atoms in total. The number of sulfonamides is 1. The van der Waals surface area contributed by atoms with Gasteiger partial charge < -0.3 is 25.2 Å². The molecule has 0 aromatic heterocycles. The molecule has 4 fully saturated rings. The number of nitrogens with one attached hydrogen (secondary N) is 3. The van der Waals surface area contributed by atoms with Crippen LogP contribution in [0.4, 0.5) is 9.59 Å². The molecule has 7 rings (SSSR count). The van der Waals surface area contributed by atoms with Crippen LogP contribution in [0, 0.1) is 11.3 Å². The predicted octanol–water partition coefficient (Wildman–Crippen LogP) is 3.09. The van der Waals surface area contributed by atoms with Crippen molar-refractivity contribution in [3.63, 3.8) is 0 Å². The zero-order valence-electron chi connectivity index (χ0n) is 30.9. The SMILES string of the molecule is C=C[C@@H]1C[C@]1(NC(=O)[C@@H]1C[C@@H]2CN1C(=O)[C@H](C(C)(C)C)NC(=O)N1CCC[C@H]1CCCCc1cccc3c1CN(C3)C(=O)O2)C(=O)NS(=O)(=O)C1CC1. The van der Waals surface area contributed by atoms with E-state index in [0.29, 0.717) is 32.5 Å². The van der Waals surface area contributed by atoms with Crippen LogP contribution >= 0.6 is 0 Å². The van der Waals surface area contributed by atoms with Crippen molar-refractivity contribution < 1.29 is 37.1 Å². The second-order valence-corrected chi connectivity index (χ2v) is 18.8. The summed E-state index contributed by atoms with van der Waals surface area (Å²) in [4.78, 5) is 74.8. The molecule has 1 aromatic rings. The van der Waals surface area contributed by atoms with Crippen molar-refractivity contribution in [2.75, 3.05) is 13.1 Å². The molecule has 53 heavy (non-hydrogen) atoms. The van der Waals surface area contributed by atoms with Crippen molar-refractivity contribution in [2.24, 2.45) is 11.3 Å². The summed E-state index contributed by atoms with van der Waals surface area (Å²) in [6.45, 7) is 10.6. The lowest BCUT2D eigenvalue weighted by Crippen LogP contribution is -2.61. The zero-order chi connectivity index (χ0) is 37.9. The molecular formula is C38H52N6O8S. The third kappa shape index (κ3) is 7.37. The molecule has 3 N–H and O–H groups in total. The van der Waals surface area contributed by atoms with E-state index >= 15 is 0 Å². The van der Waals surface area contributed by atoms with Gasteiger partial charge in [-0.15, -0.1) is 6.58 Å². The lowest BCUT2D eigenvalue weighted by Gasteiger charge is -2.37. The number of carbonyl (C=O) groups excluding carboxylic acids is 5. The molecule has 2 saturated carbocycles. The molecule has 2 saturated heterocycles. The van der Waals surface area contributed by atoms with Crippen LogP contribution in [0.2, 0.25) is 0 Å². The first-order valence-corrected chi connectivity index (χ1v) is 20.6. The van der Waals surface area contributed by atoms with E-state index in [0.717, 1.165) is 49.7 Å². The van der Waals surface area contributed by atoms with Crippen LogP contribution in [0.15, 0.2) is 30.9 Å². The molecular weight excluding hydrogens is 701 g/mol. The van der Waals surface area contributed by atoms with Crippen LogP contribution in [-0.4, -0.2) is 101 Å². The number of nitrogens with zero attached hydrogens (tertiary/aromatic N) is 3. The third-order valence-electron chi connectivity index (χ3n) is 12.0. The number of carbonyl (C=O) groups is 5. The van der Waals surface area contributed by atoms with Gasteiger partial charge in [-0.05, 0) is 73.5 Å². The number of benzene rings is 1. The van der Waals surface area contributed by atoms with Crippen molar-refractivity contribution in [2.45, 2.75) is 133 Å². The van der Waals surface area contributed by atoms with Crippen molar-refractivity contribution in [3.8, 4) is 0 Å². The van der Waals surface area contributed by atoms with Crippen molar-refractivity contribution >= 4 is 39.9 Å². The first kappa shape index (κ1) is 37.2. The summed E-state index contributed by atoms with van der Waals surface area (Å²) in [6.07, 6.45) is 6.43. The molecule has 1 aromatic carbocycles. The van der Waals surface area contributed by atoms with Crippen LogP contribution in [0.3, 0.4) is 0 Å². The Morgan fingerprint density at radius 2 is 1.75 bits per heavy atom. The summed E-state index contributed by atoms with van der Waals surface area (Å²) < 4.78 is 33.6. The van der Waals surface area contributed by atoms with E-state index < -0.39 is 74.1 Å². The monoisotopic (exact) mass is 752 g/mol. The maximum absolute atomic E-state index is 14.6. The van der Waals surface area contributed by atoms with Gasteiger partial charge >= 0.3 is 12.1 Å². The van der Waals surface area contributed by atoms with Crippen LogP contribution < -0.4 is 15.4 Å². The van der Waals surface area contributed by atoms with Gasteiger partial charge in [-0.3, -0.25) is 24.0 Å². The fourth-order valence-electron chi connectivity index (χ4n) is 8.59. The van der Waals surface area contributed by atoms with E-state index in [2.05, 4.69) is 28.0 Å². The number of rotatable bonds is 6. The molecule has 6 atom stereocenters. The Balaban J connectivity index is 1.18. The lowest BCUT2D eigenvalue weighted by atomic mass is 9.85. The fraction of sp³-hybridized carbons (Fsp3) is 0.658. The Bertz CT molecular complexity index is 1810. The molecule has 2 aliphatic carbocycles. The number of fused-ring (bicyclic) bond motifs is 4. The predicted molar refractivity (Wildman–Crippen MR) is 194 cm³/mol. The van der Waals surface area contributed by atoms with Crippen LogP contribution in [-0.2, 0) is 48.7 Å². The Morgan fingerprint density at radius 3 is 2.45 bits per heavy atom. The largest absolute Gasteiger partial charge is 0.444 e. The Hall–Kier alpha value is -4.14. The first-order chi connectivity index (χ1) is 25.1. The lowest BCUT2D eigenvalue weighted by molar-refractivity contribution is -0.142. The second-order valence-electron chi connectivity index (χ2n) is 16.8. The molecule has 15 heteroatoms. The van der Waals surface area contributed by atoms with Crippen LogP contribution in [0.25, 0.3) is 0 Å². The van der Waals surface area contributed by atoms with Gasteiger partial charge in [-0.25, -0.2) is 18.0 Å². The minimum atomic E-state index is -3.90. The fourth-order valence-corrected chi connectivity index (χ4v) is 9.95. The van der Waals surface area contributed by atoms with Crippen LogP contribution in [0.1, 0.15) is 95.2 Å². The maximum atomic E-state index is 14.6. The average molecular weight is 753 g/mol. The normalized spacial score (nSPS) is 30.7. The van der Waals surface area contributed by atoms with E-state index in [-0.39, 0.29) is 31.5 Å². The highest BCUT2D eigenvalue weighted by Crippen LogP contribution is 2.45. The Labute approximate surface area is 311 Å². The minimum Gasteiger partial charge on any atom is -0.444 e. The van der Waals surface area contributed by atoms with Gasteiger partial charge in [-0.2, -0.15) is 0 Å². The average Bonchev–Trinajstić information content (AvgIpc) is 3.91. The smallest absolute Gasteiger partial charge is 0.410 e. The topological polar surface area (TPSA) is 175 Å². The summed E-state index contributed by atoms with van der Waals surface area (Å²) in [5, 5.41) is 5.16.